The number of benzene rings is 2. The lowest BCUT2D eigenvalue weighted by Gasteiger charge is -2.12. The molecule has 0 aliphatic rings. The van der Waals surface area contributed by atoms with Gasteiger partial charge in [0.1, 0.15) is 4.90 Å². The molecule has 0 saturated carbocycles. The second kappa shape index (κ2) is 5.69. The molecule has 0 aromatic heterocycles. The lowest BCUT2D eigenvalue weighted by Crippen LogP contribution is -2.15. The van der Waals surface area contributed by atoms with Gasteiger partial charge in [-0.2, -0.15) is 0 Å². The van der Waals surface area contributed by atoms with Crippen LogP contribution in [0.4, 0.5) is 11.4 Å². The van der Waals surface area contributed by atoms with Crippen LogP contribution in [0, 0.1) is 0 Å². The average Bonchev–Trinajstić information content (AvgIpc) is 2.36. The minimum atomic E-state index is -3.86. The Kier molecular flexibility index (Phi) is 4.34. The van der Waals surface area contributed by atoms with Crippen molar-refractivity contribution < 1.29 is 8.42 Å². The number of nitrogen functional groups attached to an aromatic ring is 1. The van der Waals surface area contributed by atoms with Crippen molar-refractivity contribution in [1.82, 2.24) is 0 Å². The summed E-state index contributed by atoms with van der Waals surface area (Å²) < 4.78 is 26.8. The van der Waals surface area contributed by atoms with Crippen molar-refractivity contribution in [3.05, 3.63) is 51.5 Å². The van der Waals surface area contributed by atoms with Crippen LogP contribution in [0.15, 0.2) is 41.3 Å². The highest BCUT2D eigenvalue weighted by atomic mass is 35.5. The number of sulfonamides is 1. The van der Waals surface area contributed by atoms with E-state index < -0.39 is 10.0 Å². The zero-order chi connectivity index (χ0) is 14.9. The van der Waals surface area contributed by atoms with Gasteiger partial charge in [0, 0.05) is 0 Å². The predicted molar refractivity (Wildman–Crippen MR) is 83.1 cm³/mol. The molecular weight excluding hydrogens is 343 g/mol. The van der Waals surface area contributed by atoms with Gasteiger partial charge in [-0.1, -0.05) is 46.9 Å². The van der Waals surface area contributed by atoms with Crippen molar-refractivity contribution in [3.8, 4) is 0 Å². The highest BCUT2D eigenvalue weighted by Crippen LogP contribution is 2.33. The molecule has 8 heteroatoms. The monoisotopic (exact) mass is 350 g/mol. The van der Waals surface area contributed by atoms with Crippen LogP contribution >= 0.6 is 34.8 Å². The van der Waals surface area contributed by atoms with E-state index in [9.17, 15) is 8.42 Å². The molecule has 106 valence electrons. The maximum atomic E-state index is 12.2. The summed E-state index contributed by atoms with van der Waals surface area (Å²) in [6.07, 6.45) is 0. The summed E-state index contributed by atoms with van der Waals surface area (Å²) in [4.78, 5) is -0.0397. The van der Waals surface area contributed by atoms with E-state index in [1.54, 1.807) is 12.1 Å². The van der Waals surface area contributed by atoms with E-state index >= 15 is 0 Å². The number of nitrogens with two attached hydrogens (primary N) is 1. The van der Waals surface area contributed by atoms with Crippen molar-refractivity contribution in [2.75, 3.05) is 10.5 Å². The summed E-state index contributed by atoms with van der Waals surface area (Å²) >= 11 is 17.6. The molecule has 20 heavy (non-hydrogen) atoms. The summed E-state index contributed by atoms with van der Waals surface area (Å²) in [5.74, 6) is 0. The van der Waals surface area contributed by atoms with Crippen LogP contribution in [-0.2, 0) is 10.0 Å². The second-order valence-corrected chi connectivity index (χ2v) is 6.76. The molecule has 0 saturated heterocycles. The predicted octanol–water partition coefficient (Wildman–Crippen LogP) is 4.03. The highest BCUT2D eigenvalue weighted by molar-refractivity contribution is 7.92. The summed E-state index contributed by atoms with van der Waals surface area (Å²) in [7, 11) is -3.86. The summed E-state index contributed by atoms with van der Waals surface area (Å²) in [5.41, 5.74) is 5.92. The van der Waals surface area contributed by atoms with Gasteiger partial charge >= 0.3 is 0 Å². The first-order valence-corrected chi connectivity index (χ1v) is 7.95. The fraction of sp³-hybridized carbons (Fsp3) is 0. The van der Waals surface area contributed by atoms with E-state index in [-0.39, 0.29) is 31.3 Å². The zero-order valence-electron chi connectivity index (χ0n) is 9.90. The lowest BCUT2D eigenvalue weighted by atomic mass is 10.3. The Balaban J connectivity index is 2.44. The first-order chi connectivity index (χ1) is 9.31. The van der Waals surface area contributed by atoms with E-state index in [0.717, 1.165) is 0 Å². The fourth-order valence-corrected chi connectivity index (χ4v) is 3.38. The minimum absolute atomic E-state index is 0.0397. The molecule has 3 N–H and O–H groups in total. The van der Waals surface area contributed by atoms with Crippen molar-refractivity contribution >= 4 is 56.2 Å². The topological polar surface area (TPSA) is 72.2 Å². The van der Waals surface area contributed by atoms with Crippen LogP contribution in [0.1, 0.15) is 0 Å². The molecule has 0 fully saturated rings. The third-order valence-corrected chi connectivity index (χ3v) is 4.94. The van der Waals surface area contributed by atoms with Gasteiger partial charge in [0.05, 0.1) is 26.4 Å². The smallest absolute Gasteiger partial charge is 0.263 e. The van der Waals surface area contributed by atoms with Gasteiger partial charge < -0.3 is 5.73 Å². The molecule has 2 aromatic rings. The maximum Gasteiger partial charge on any atom is 0.263 e. The average molecular weight is 352 g/mol. The maximum absolute atomic E-state index is 12.2. The first kappa shape index (κ1) is 15.3. The van der Waals surface area contributed by atoms with Gasteiger partial charge in [0.25, 0.3) is 10.0 Å². The quantitative estimate of drug-likeness (QED) is 0.648. The van der Waals surface area contributed by atoms with Gasteiger partial charge in [-0.15, -0.1) is 0 Å². The number of hydrogen-bond donors (Lipinski definition) is 2. The Morgan fingerprint density at radius 1 is 0.950 bits per heavy atom. The molecule has 0 radical (unpaired) electrons. The number of hydrogen-bond acceptors (Lipinski definition) is 3. The van der Waals surface area contributed by atoms with Gasteiger partial charge in [-0.3, -0.25) is 4.72 Å². The number of para-hydroxylation sites is 1. The molecule has 2 rings (SSSR count). The van der Waals surface area contributed by atoms with Crippen molar-refractivity contribution in [1.29, 1.82) is 0 Å². The SMILES string of the molecule is Nc1ccccc1S(=O)(=O)Nc1cc(Cl)c(Cl)cc1Cl. The molecular formula is C12H9Cl3N2O2S. The first-order valence-electron chi connectivity index (χ1n) is 5.33. The molecule has 0 bridgehead atoms. The summed E-state index contributed by atoms with van der Waals surface area (Å²) in [6.45, 7) is 0. The minimum Gasteiger partial charge on any atom is -0.398 e. The van der Waals surface area contributed by atoms with E-state index in [4.69, 9.17) is 40.5 Å². The normalized spacial score (nSPS) is 11.3. The van der Waals surface area contributed by atoms with Crippen LogP contribution in [0.25, 0.3) is 0 Å². The fourth-order valence-electron chi connectivity index (χ4n) is 1.53. The summed E-state index contributed by atoms with van der Waals surface area (Å²) in [6, 6.07) is 8.79. The van der Waals surface area contributed by atoms with Gasteiger partial charge in [-0.05, 0) is 24.3 Å². The number of halogens is 3. The molecule has 0 aliphatic heterocycles. The van der Waals surface area contributed by atoms with Crippen LogP contribution in [0.2, 0.25) is 15.1 Å². The van der Waals surface area contributed by atoms with E-state index in [2.05, 4.69) is 4.72 Å². The van der Waals surface area contributed by atoms with E-state index in [1.165, 1.54) is 24.3 Å². The lowest BCUT2D eigenvalue weighted by molar-refractivity contribution is 0.601. The number of nitrogens with one attached hydrogen (secondary N) is 1. The van der Waals surface area contributed by atoms with Crippen LogP contribution in [-0.4, -0.2) is 8.42 Å². The van der Waals surface area contributed by atoms with Gasteiger partial charge in [-0.25, -0.2) is 8.42 Å². The standard InChI is InChI=1S/C12H9Cl3N2O2S/c13-7-5-9(15)11(6-8(7)14)17-20(18,19)12-4-2-1-3-10(12)16/h1-6,17H,16H2. The largest absolute Gasteiger partial charge is 0.398 e. The molecule has 2 aromatic carbocycles. The van der Waals surface area contributed by atoms with Crippen LogP contribution in [0.5, 0.6) is 0 Å². The number of anilines is 2. The van der Waals surface area contributed by atoms with Crippen molar-refractivity contribution in [2.45, 2.75) is 4.90 Å². The van der Waals surface area contributed by atoms with Crippen molar-refractivity contribution in [3.63, 3.8) is 0 Å². The van der Waals surface area contributed by atoms with E-state index in [0.29, 0.717) is 0 Å². The van der Waals surface area contributed by atoms with E-state index in [1.807, 2.05) is 0 Å². The summed E-state index contributed by atoms with van der Waals surface area (Å²) in [5, 5.41) is 0.561. The molecule has 0 atom stereocenters. The molecule has 0 spiro atoms. The van der Waals surface area contributed by atoms with Crippen LogP contribution < -0.4 is 10.5 Å². The second-order valence-electron chi connectivity index (χ2n) is 3.89. The molecule has 4 nitrogen and oxygen atoms in total. The Labute approximate surface area is 131 Å². The van der Waals surface area contributed by atoms with Gasteiger partial charge in [0.15, 0.2) is 0 Å². The third kappa shape index (κ3) is 3.12. The Bertz CT molecular complexity index is 763. The Morgan fingerprint density at radius 3 is 2.20 bits per heavy atom. The Hall–Kier alpha value is -1.14. The Morgan fingerprint density at radius 2 is 1.55 bits per heavy atom. The van der Waals surface area contributed by atoms with Gasteiger partial charge in [0.2, 0.25) is 0 Å². The highest BCUT2D eigenvalue weighted by Gasteiger charge is 2.19. The zero-order valence-corrected chi connectivity index (χ0v) is 13.0. The molecule has 0 amide bonds. The van der Waals surface area contributed by atoms with Crippen LogP contribution in [0.3, 0.4) is 0 Å². The molecule has 0 unspecified atom stereocenters. The third-order valence-electron chi connectivity index (χ3n) is 2.46. The number of rotatable bonds is 3. The van der Waals surface area contributed by atoms with Crippen molar-refractivity contribution in [2.24, 2.45) is 0 Å². The molecule has 0 aliphatic carbocycles. The molecule has 0 heterocycles.